The quantitative estimate of drug-likeness (QED) is 0.364. The van der Waals surface area contributed by atoms with Crippen molar-refractivity contribution in [3.63, 3.8) is 0 Å². The summed E-state index contributed by atoms with van der Waals surface area (Å²) in [5.74, 6) is 6.62. The van der Waals surface area contributed by atoms with Gasteiger partial charge in [-0.15, -0.1) is 0 Å². The summed E-state index contributed by atoms with van der Waals surface area (Å²) in [6, 6.07) is 11.8. The molecule has 0 unspecified atom stereocenters. The van der Waals surface area contributed by atoms with Crippen LogP contribution in [0, 0.1) is 11.8 Å². The number of likely N-dealkylation sites (tertiary alicyclic amines) is 1. The molecule has 0 bridgehead atoms. The summed E-state index contributed by atoms with van der Waals surface area (Å²) < 4.78 is 46.0. The number of rotatable bonds is 5. The van der Waals surface area contributed by atoms with E-state index < -0.39 is 11.7 Å². The van der Waals surface area contributed by atoms with Crippen molar-refractivity contribution in [2.24, 2.45) is 0 Å². The number of fused-ring (bicyclic) bond motifs is 1. The SMILES string of the molecule is CC#CC(=O)N1CCC[C@H]1c1nc(-c2ccc(OCc3ccc(C(F)(F)F)cc3)cc2)c2c(N)nccn12. The lowest BCUT2D eigenvalue weighted by molar-refractivity contribution is -0.137. The number of imidazole rings is 1. The van der Waals surface area contributed by atoms with Gasteiger partial charge in [0, 0.05) is 24.5 Å². The molecule has 1 amide bonds. The van der Waals surface area contributed by atoms with E-state index in [1.807, 2.05) is 16.5 Å². The van der Waals surface area contributed by atoms with Crippen molar-refractivity contribution in [1.29, 1.82) is 0 Å². The largest absolute Gasteiger partial charge is 0.489 e. The minimum Gasteiger partial charge on any atom is -0.489 e. The maximum atomic E-state index is 12.8. The van der Waals surface area contributed by atoms with Crippen molar-refractivity contribution < 1.29 is 22.7 Å². The van der Waals surface area contributed by atoms with E-state index in [-0.39, 0.29) is 18.6 Å². The van der Waals surface area contributed by atoms with Crippen LogP contribution in [0.3, 0.4) is 0 Å². The zero-order valence-electron chi connectivity index (χ0n) is 20.5. The highest BCUT2D eigenvalue weighted by atomic mass is 19.4. The Balaban J connectivity index is 1.40. The van der Waals surface area contributed by atoms with Gasteiger partial charge in [0.15, 0.2) is 0 Å². The van der Waals surface area contributed by atoms with Gasteiger partial charge < -0.3 is 15.4 Å². The second kappa shape index (κ2) is 10.1. The first-order chi connectivity index (χ1) is 18.3. The molecule has 7 nitrogen and oxygen atoms in total. The fourth-order valence-corrected chi connectivity index (χ4v) is 4.65. The molecule has 1 aliphatic rings. The molecule has 3 heterocycles. The van der Waals surface area contributed by atoms with Gasteiger partial charge in [-0.1, -0.05) is 18.1 Å². The molecule has 0 spiro atoms. The predicted octanol–water partition coefficient (Wildman–Crippen LogP) is 5.26. The van der Waals surface area contributed by atoms with E-state index in [2.05, 4.69) is 16.8 Å². The Kier molecular flexibility index (Phi) is 6.68. The molecule has 1 saturated heterocycles. The first kappa shape index (κ1) is 25.1. The van der Waals surface area contributed by atoms with Gasteiger partial charge in [0.05, 0.1) is 11.6 Å². The van der Waals surface area contributed by atoms with Crippen LogP contribution >= 0.6 is 0 Å². The van der Waals surface area contributed by atoms with Crippen molar-refractivity contribution in [2.45, 2.75) is 38.6 Å². The number of nitrogens with two attached hydrogens (primary N) is 1. The number of ether oxygens (including phenoxy) is 1. The lowest BCUT2D eigenvalue weighted by Gasteiger charge is -2.21. The second-order valence-electron chi connectivity index (χ2n) is 8.89. The number of anilines is 1. The van der Waals surface area contributed by atoms with Gasteiger partial charge in [0.1, 0.15) is 35.2 Å². The molecule has 1 atom stereocenters. The van der Waals surface area contributed by atoms with Crippen LogP contribution in [-0.2, 0) is 17.6 Å². The average Bonchev–Trinajstić information content (AvgIpc) is 3.53. The zero-order chi connectivity index (χ0) is 26.9. The van der Waals surface area contributed by atoms with Gasteiger partial charge in [0.2, 0.25) is 0 Å². The van der Waals surface area contributed by atoms with Crippen LogP contribution < -0.4 is 10.5 Å². The average molecular weight is 520 g/mol. The number of aromatic nitrogens is 3. The molecule has 1 fully saturated rings. The van der Waals surface area contributed by atoms with Gasteiger partial charge in [0.25, 0.3) is 5.91 Å². The molecular formula is C28H24F3N5O2. The Morgan fingerprint density at radius 1 is 1.16 bits per heavy atom. The zero-order valence-corrected chi connectivity index (χ0v) is 20.5. The second-order valence-corrected chi connectivity index (χ2v) is 8.89. The summed E-state index contributed by atoms with van der Waals surface area (Å²) in [5, 5.41) is 0. The highest BCUT2D eigenvalue weighted by molar-refractivity contribution is 5.94. The number of carbonyl (C=O) groups excluding carboxylic acids is 1. The molecule has 10 heteroatoms. The van der Waals surface area contributed by atoms with E-state index in [4.69, 9.17) is 15.5 Å². The third kappa shape index (κ3) is 4.87. The molecule has 2 aromatic heterocycles. The van der Waals surface area contributed by atoms with E-state index in [1.165, 1.54) is 12.1 Å². The monoisotopic (exact) mass is 519 g/mol. The van der Waals surface area contributed by atoms with Gasteiger partial charge in [-0.05, 0) is 67.6 Å². The lowest BCUT2D eigenvalue weighted by atomic mass is 10.1. The maximum Gasteiger partial charge on any atom is 0.416 e. The molecular weight excluding hydrogens is 495 g/mol. The Bertz CT molecular complexity index is 1530. The summed E-state index contributed by atoms with van der Waals surface area (Å²) in [6.07, 6.45) is 0.612. The number of nitrogens with zero attached hydrogens (tertiary/aromatic N) is 4. The maximum absolute atomic E-state index is 12.8. The van der Waals surface area contributed by atoms with Crippen molar-refractivity contribution in [3.8, 4) is 28.8 Å². The first-order valence-corrected chi connectivity index (χ1v) is 12.0. The third-order valence-electron chi connectivity index (χ3n) is 6.47. The number of hydrogen-bond donors (Lipinski definition) is 1. The van der Waals surface area contributed by atoms with Crippen LogP contribution in [-0.4, -0.2) is 31.7 Å². The Morgan fingerprint density at radius 3 is 2.58 bits per heavy atom. The van der Waals surface area contributed by atoms with Gasteiger partial charge in [-0.2, -0.15) is 13.2 Å². The minimum absolute atomic E-state index is 0.123. The standard InChI is InChI=1S/C28H24F3N5O2/c1-2-4-23(37)35-15-3-5-22(35)27-34-24(25-26(32)33-14-16-36(25)27)19-8-12-21(13-9-19)38-17-18-6-10-20(11-7-18)28(29,30)31/h6-14,16,22H,3,5,15,17H2,1H3,(H2,32,33)/t22-/m0/s1. The van der Waals surface area contributed by atoms with Crippen LogP contribution in [0.2, 0.25) is 0 Å². The molecule has 0 aliphatic carbocycles. The highest BCUT2D eigenvalue weighted by Crippen LogP contribution is 2.37. The minimum atomic E-state index is -4.37. The van der Waals surface area contributed by atoms with Crippen molar-refractivity contribution in [2.75, 3.05) is 12.3 Å². The van der Waals surface area contributed by atoms with Crippen LogP contribution in [0.15, 0.2) is 60.9 Å². The molecule has 2 N–H and O–H groups in total. The van der Waals surface area contributed by atoms with E-state index in [9.17, 15) is 18.0 Å². The van der Waals surface area contributed by atoms with E-state index >= 15 is 0 Å². The highest BCUT2D eigenvalue weighted by Gasteiger charge is 2.33. The molecule has 194 valence electrons. The molecule has 1 aliphatic heterocycles. The molecule has 5 rings (SSSR count). The summed E-state index contributed by atoms with van der Waals surface area (Å²) >= 11 is 0. The van der Waals surface area contributed by atoms with Gasteiger partial charge in [-0.25, -0.2) is 9.97 Å². The predicted molar refractivity (Wildman–Crippen MR) is 136 cm³/mol. The summed E-state index contributed by atoms with van der Waals surface area (Å²) in [7, 11) is 0. The van der Waals surface area contributed by atoms with E-state index in [0.717, 1.165) is 30.5 Å². The van der Waals surface area contributed by atoms with Gasteiger partial charge in [-0.3, -0.25) is 9.20 Å². The number of amides is 1. The Morgan fingerprint density at radius 2 is 1.89 bits per heavy atom. The molecule has 4 aromatic rings. The van der Waals surface area contributed by atoms with Crippen molar-refractivity contribution in [3.05, 3.63) is 77.9 Å². The summed E-state index contributed by atoms with van der Waals surface area (Å²) in [6.45, 7) is 2.36. The molecule has 0 radical (unpaired) electrons. The Labute approximate surface area is 217 Å². The van der Waals surface area contributed by atoms with Crippen LogP contribution in [0.1, 0.15) is 42.8 Å². The fraction of sp³-hybridized carbons (Fsp3) is 0.250. The van der Waals surface area contributed by atoms with E-state index in [0.29, 0.717) is 40.7 Å². The lowest BCUT2D eigenvalue weighted by Crippen LogP contribution is -2.30. The molecule has 0 saturated carbocycles. The van der Waals surface area contributed by atoms with Crippen LogP contribution in [0.25, 0.3) is 16.8 Å². The van der Waals surface area contributed by atoms with Crippen LogP contribution in [0.4, 0.5) is 19.0 Å². The normalized spacial score (nSPS) is 15.4. The first-order valence-electron chi connectivity index (χ1n) is 12.0. The topological polar surface area (TPSA) is 85.8 Å². The summed E-state index contributed by atoms with van der Waals surface area (Å²) in [5.41, 5.74) is 8.22. The number of halogens is 3. The van der Waals surface area contributed by atoms with E-state index in [1.54, 1.807) is 36.4 Å². The number of hydrogen-bond acceptors (Lipinski definition) is 5. The number of alkyl halides is 3. The third-order valence-corrected chi connectivity index (χ3v) is 6.47. The molecule has 2 aromatic carbocycles. The van der Waals surface area contributed by atoms with Gasteiger partial charge >= 0.3 is 6.18 Å². The van der Waals surface area contributed by atoms with Crippen LogP contribution in [0.5, 0.6) is 5.75 Å². The number of carbonyl (C=O) groups is 1. The fourth-order valence-electron chi connectivity index (χ4n) is 4.65. The van der Waals surface area contributed by atoms with Crippen molar-refractivity contribution in [1.82, 2.24) is 19.3 Å². The number of benzene rings is 2. The number of nitrogen functional groups attached to an aromatic ring is 1. The summed E-state index contributed by atoms with van der Waals surface area (Å²) in [4.78, 5) is 23.5. The molecule has 38 heavy (non-hydrogen) atoms. The Hall–Kier alpha value is -4.52. The smallest absolute Gasteiger partial charge is 0.416 e. The van der Waals surface area contributed by atoms with Crippen molar-refractivity contribution >= 4 is 17.2 Å².